The number of aliphatic hydroxyl groups excluding tert-OH is 1. The molecule has 1 aliphatic rings. The molecule has 9 heteroatoms. The molecule has 0 radical (unpaired) electrons. The van der Waals surface area contributed by atoms with Crippen LogP contribution in [0, 0.1) is 0 Å². The Labute approximate surface area is 150 Å². The Morgan fingerprint density at radius 3 is 2.72 bits per heavy atom. The van der Waals surface area contributed by atoms with Crippen LogP contribution in [0.3, 0.4) is 0 Å². The summed E-state index contributed by atoms with van der Waals surface area (Å²) in [7, 11) is -3.01. The van der Waals surface area contributed by atoms with Crippen LogP contribution in [0.2, 0.25) is 0 Å². The summed E-state index contributed by atoms with van der Waals surface area (Å²) in [5.41, 5.74) is 0.814. The Morgan fingerprint density at radius 2 is 2.08 bits per heavy atom. The number of urea groups is 1. The van der Waals surface area contributed by atoms with Crippen LogP contribution < -0.4 is 5.32 Å². The summed E-state index contributed by atoms with van der Waals surface area (Å²) in [6, 6.07) is 7.05. The largest absolute Gasteiger partial charge is 0.392 e. The second-order valence-electron chi connectivity index (χ2n) is 6.30. The summed E-state index contributed by atoms with van der Waals surface area (Å²) in [6.45, 7) is 1.76. The molecule has 1 aromatic carbocycles. The Balaban J connectivity index is 1.74. The molecular formula is C16H21N3O4S2. The minimum Gasteiger partial charge on any atom is -0.392 e. The van der Waals surface area contributed by atoms with Crippen molar-refractivity contribution in [3.8, 4) is 0 Å². The Kier molecular flexibility index (Phi) is 5.26. The number of hydrogen-bond acceptors (Lipinski definition) is 6. The van der Waals surface area contributed by atoms with E-state index >= 15 is 0 Å². The number of carbonyl (C=O) groups is 1. The zero-order chi connectivity index (χ0) is 18.0. The number of amides is 2. The lowest BCUT2D eigenvalue weighted by atomic mass is 10.1. The van der Waals surface area contributed by atoms with Gasteiger partial charge in [0, 0.05) is 12.6 Å². The molecule has 1 aliphatic heterocycles. The molecule has 1 atom stereocenters. The first-order valence-corrected chi connectivity index (χ1v) is 10.8. The summed E-state index contributed by atoms with van der Waals surface area (Å²) in [5, 5.41) is 13.0. The van der Waals surface area contributed by atoms with Crippen molar-refractivity contribution in [2.75, 3.05) is 23.4 Å². The van der Waals surface area contributed by atoms with Gasteiger partial charge in [0.05, 0.1) is 27.8 Å². The Bertz CT molecular complexity index is 816. The van der Waals surface area contributed by atoms with E-state index in [0.29, 0.717) is 18.0 Å². The van der Waals surface area contributed by atoms with Crippen LogP contribution in [0.25, 0.3) is 10.2 Å². The molecule has 2 heterocycles. The first kappa shape index (κ1) is 18.1. The van der Waals surface area contributed by atoms with Gasteiger partial charge in [-0.2, -0.15) is 0 Å². The van der Waals surface area contributed by atoms with Crippen LogP contribution in [0.1, 0.15) is 19.8 Å². The Morgan fingerprint density at radius 1 is 1.40 bits per heavy atom. The number of sulfone groups is 1. The fraction of sp³-hybridized carbons (Fsp3) is 0.500. The van der Waals surface area contributed by atoms with Gasteiger partial charge < -0.3 is 10.0 Å². The van der Waals surface area contributed by atoms with Crippen molar-refractivity contribution in [3.05, 3.63) is 24.3 Å². The third-order valence-electron chi connectivity index (χ3n) is 4.19. The molecule has 2 amide bonds. The number of anilines is 1. The van der Waals surface area contributed by atoms with E-state index in [1.54, 1.807) is 6.92 Å². The highest BCUT2D eigenvalue weighted by molar-refractivity contribution is 7.91. The van der Waals surface area contributed by atoms with Crippen molar-refractivity contribution < 1.29 is 18.3 Å². The highest BCUT2D eigenvalue weighted by Gasteiger charge is 2.31. The van der Waals surface area contributed by atoms with Gasteiger partial charge >= 0.3 is 6.03 Å². The van der Waals surface area contributed by atoms with Gasteiger partial charge in [-0.3, -0.25) is 5.32 Å². The molecule has 7 nitrogen and oxygen atoms in total. The van der Waals surface area contributed by atoms with Gasteiger partial charge in [-0.15, -0.1) is 0 Å². The van der Waals surface area contributed by atoms with Crippen LogP contribution >= 0.6 is 11.3 Å². The number of aliphatic hydroxyl groups is 1. The zero-order valence-electron chi connectivity index (χ0n) is 13.9. The van der Waals surface area contributed by atoms with E-state index in [9.17, 15) is 18.3 Å². The first-order chi connectivity index (χ1) is 11.8. The predicted octanol–water partition coefficient (Wildman–Crippen LogP) is 2.09. The highest BCUT2D eigenvalue weighted by atomic mass is 32.2. The predicted molar refractivity (Wildman–Crippen MR) is 98.7 cm³/mol. The smallest absolute Gasteiger partial charge is 0.323 e. The first-order valence-electron chi connectivity index (χ1n) is 8.16. The van der Waals surface area contributed by atoms with E-state index in [4.69, 9.17) is 0 Å². The van der Waals surface area contributed by atoms with Crippen molar-refractivity contribution in [2.45, 2.75) is 31.9 Å². The minimum absolute atomic E-state index is 0.0718. The number of fused-ring (bicyclic) bond motifs is 1. The topological polar surface area (TPSA) is 99.6 Å². The standard InChI is InChI=1S/C16H21N3O4S2/c1-11(20)10-19(12-6-8-25(22,23)9-7-12)16(21)18-15-17-13-4-2-3-5-14(13)24-15/h2-5,11-12,20H,6-10H2,1H3,(H,17,18,21)/t11-/m0/s1. The third-order valence-corrected chi connectivity index (χ3v) is 6.86. The van der Waals surface area contributed by atoms with E-state index in [2.05, 4.69) is 10.3 Å². The van der Waals surface area contributed by atoms with Gasteiger partial charge in [-0.05, 0) is 31.9 Å². The van der Waals surface area contributed by atoms with Crippen molar-refractivity contribution in [1.29, 1.82) is 0 Å². The number of hydrogen-bond donors (Lipinski definition) is 2. The summed E-state index contributed by atoms with van der Waals surface area (Å²) in [6.07, 6.45) is 0.0876. The van der Waals surface area contributed by atoms with Crippen LogP contribution in [0.5, 0.6) is 0 Å². The van der Waals surface area contributed by atoms with Gasteiger partial charge in [-0.25, -0.2) is 18.2 Å². The summed E-state index contributed by atoms with van der Waals surface area (Å²) in [5.74, 6) is 0.144. The second kappa shape index (κ2) is 7.27. The monoisotopic (exact) mass is 383 g/mol. The van der Waals surface area contributed by atoms with Crippen molar-refractivity contribution >= 4 is 42.6 Å². The van der Waals surface area contributed by atoms with Crippen molar-refractivity contribution in [2.24, 2.45) is 0 Å². The van der Waals surface area contributed by atoms with Gasteiger partial charge in [0.1, 0.15) is 9.84 Å². The highest BCUT2D eigenvalue weighted by Crippen LogP contribution is 2.26. The van der Waals surface area contributed by atoms with E-state index in [0.717, 1.165) is 10.2 Å². The molecule has 0 bridgehead atoms. The van der Waals surface area contributed by atoms with E-state index in [-0.39, 0.29) is 30.1 Å². The maximum Gasteiger partial charge on any atom is 0.323 e. The van der Waals surface area contributed by atoms with Crippen LogP contribution in [0.15, 0.2) is 24.3 Å². The maximum atomic E-state index is 12.7. The molecule has 0 unspecified atom stereocenters. The molecule has 0 aliphatic carbocycles. The molecule has 2 N–H and O–H groups in total. The quantitative estimate of drug-likeness (QED) is 0.842. The minimum atomic E-state index is -3.01. The Hall–Kier alpha value is -1.71. The van der Waals surface area contributed by atoms with E-state index < -0.39 is 15.9 Å². The van der Waals surface area contributed by atoms with Gasteiger partial charge in [0.25, 0.3) is 0 Å². The second-order valence-corrected chi connectivity index (χ2v) is 9.64. The molecule has 2 aromatic rings. The SMILES string of the molecule is C[C@H](O)CN(C(=O)Nc1nc2ccccc2s1)C1CCS(=O)(=O)CC1. The molecule has 3 rings (SSSR count). The fourth-order valence-electron chi connectivity index (χ4n) is 2.96. The fourth-order valence-corrected chi connectivity index (χ4v) is 5.28. The van der Waals surface area contributed by atoms with Crippen LogP contribution in [0.4, 0.5) is 9.93 Å². The van der Waals surface area contributed by atoms with Crippen LogP contribution in [-0.2, 0) is 9.84 Å². The number of aromatic nitrogens is 1. The van der Waals surface area contributed by atoms with Gasteiger partial charge in [-0.1, -0.05) is 23.5 Å². The molecular weight excluding hydrogens is 362 g/mol. The zero-order valence-corrected chi connectivity index (χ0v) is 15.5. The number of para-hydroxylation sites is 1. The number of nitrogens with one attached hydrogen (secondary N) is 1. The van der Waals surface area contributed by atoms with Crippen LogP contribution in [-0.4, -0.2) is 59.6 Å². The van der Waals surface area contributed by atoms with E-state index in [1.165, 1.54) is 16.2 Å². The lowest BCUT2D eigenvalue weighted by molar-refractivity contribution is 0.114. The maximum absolute atomic E-state index is 12.7. The third kappa shape index (κ3) is 4.47. The summed E-state index contributed by atoms with van der Waals surface area (Å²) in [4.78, 5) is 18.6. The number of rotatable bonds is 4. The number of carbonyl (C=O) groups excluding carboxylic acids is 1. The molecule has 0 saturated carbocycles. The lowest BCUT2D eigenvalue weighted by Crippen LogP contribution is -2.49. The van der Waals surface area contributed by atoms with Gasteiger partial charge in [0.15, 0.2) is 5.13 Å². The molecule has 1 aromatic heterocycles. The number of thiazole rings is 1. The number of benzene rings is 1. The average Bonchev–Trinajstić information content (AvgIpc) is 2.95. The normalized spacial score (nSPS) is 18.8. The molecule has 25 heavy (non-hydrogen) atoms. The lowest BCUT2D eigenvalue weighted by Gasteiger charge is -2.34. The molecule has 1 saturated heterocycles. The van der Waals surface area contributed by atoms with Gasteiger partial charge in [0.2, 0.25) is 0 Å². The average molecular weight is 383 g/mol. The van der Waals surface area contributed by atoms with E-state index in [1.807, 2.05) is 24.3 Å². The molecule has 136 valence electrons. The molecule has 1 fully saturated rings. The van der Waals surface area contributed by atoms with Crippen molar-refractivity contribution in [3.63, 3.8) is 0 Å². The molecule has 0 spiro atoms. The van der Waals surface area contributed by atoms with Crippen molar-refractivity contribution in [1.82, 2.24) is 9.88 Å². The summed E-state index contributed by atoms with van der Waals surface area (Å²) < 4.78 is 24.2. The number of nitrogens with zero attached hydrogens (tertiary/aromatic N) is 2. The summed E-state index contributed by atoms with van der Waals surface area (Å²) >= 11 is 1.38.